The SMILES string of the molecule is CCCCOC(=O)CC(CC)c1c(Cl)cc(Cl)c(N)c1Cl. The number of carbonyl (C=O) groups excluding carboxylic acids is 1. The van der Waals surface area contributed by atoms with E-state index in [4.69, 9.17) is 45.3 Å². The number of hydrogen-bond donors (Lipinski definition) is 1. The summed E-state index contributed by atoms with van der Waals surface area (Å²) in [7, 11) is 0. The summed E-state index contributed by atoms with van der Waals surface area (Å²) < 4.78 is 5.19. The molecule has 0 aromatic heterocycles. The molecule has 0 saturated carbocycles. The molecule has 0 saturated heterocycles. The molecular formula is C15H20Cl3NO2. The van der Waals surface area contributed by atoms with Crippen molar-refractivity contribution in [2.45, 2.75) is 45.4 Å². The number of ether oxygens (including phenoxy) is 1. The van der Waals surface area contributed by atoms with Crippen molar-refractivity contribution in [3.8, 4) is 0 Å². The number of benzene rings is 1. The summed E-state index contributed by atoms with van der Waals surface area (Å²) in [6, 6.07) is 1.56. The third-order valence-corrected chi connectivity index (χ3v) is 4.35. The average molecular weight is 353 g/mol. The summed E-state index contributed by atoms with van der Waals surface area (Å²) in [5.41, 5.74) is 6.78. The van der Waals surface area contributed by atoms with Gasteiger partial charge in [0.05, 0.1) is 28.8 Å². The Morgan fingerprint density at radius 2 is 1.95 bits per heavy atom. The third-order valence-electron chi connectivity index (χ3n) is 3.32. The normalized spacial score (nSPS) is 12.2. The van der Waals surface area contributed by atoms with E-state index in [1.165, 1.54) is 0 Å². The highest BCUT2D eigenvalue weighted by Gasteiger charge is 2.23. The van der Waals surface area contributed by atoms with Crippen LogP contribution in [0.25, 0.3) is 0 Å². The molecule has 3 nitrogen and oxygen atoms in total. The molecule has 1 aromatic carbocycles. The Kier molecular flexibility index (Phi) is 7.64. The van der Waals surface area contributed by atoms with Gasteiger partial charge < -0.3 is 10.5 Å². The lowest BCUT2D eigenvalue weighted by Gasteiger charge is -2.19. The van der Waals surface area contributed by atoms with Crippen molar-refractivity contribution >= 4 is 46.5 Å². The number of halogens is 3. The Morgan fingerprint density at radius 1 is 1.29 bits per heavy atom. The van der Waals surface area contributed by atoms with Crippen molar-refractivity contribution in [1.82, 2.24) is 0 Å². The highest BCUT2D eigenvalue weighted by Crippen LogP contribution is 2.42. The van der Waals surface area contributed by atoms with E-state index in [2.05, 4.69) is 0 Å². The van der Waals surface area contributed by atoms with Crippen LogP contribution in [-0.2, 0) is 9.53 Å². The Hall–Kier alpha value is -0.640. The molecule has 0 spiro atoms. The molecule has 1 atom stereocenters. The number of hydrogen-bond acceptors (Lipinski definition) is 3. The summed E-state index contributed by atoms with van der Waals surface area (Å²) >= 11 is 18.4. The molecule has 0 aliphatic carbocycles. The standard InChI is InChI=1S/C15H20Cl3NO2/c1-3-5-6-21-12(20)7-9(4-2)13-10(16)8-11(17)15(19)14(13)18/h8-9H,3-7,19H2,1-2H3. The zero-order valence-corrected chi connectivity index (χ0v) is 14.5. The first-order valence-corrected chi connectivity index (χ1v) is 8.14. The molecule has 0 bridgehead atoms. The average Bonchev–Trinajstić information content (AvgIpc) is 2.44. The quantitative estimate of drug-likeness (QED) is 0.403. The van der Waals surface area contributed by atoms with Crippen LogP contribution in [0.4, 0.5) is 5.69 Å². The third kappa shape index (κ3) is 4.94. The van der Waals surface area contributed by atoms with Gasteiger partial charge in [0.15, 0.2) is 0 Å². The predicted octanol–water partition coefficient (Wildman–Crippen LogP) is 5.46. The van der Waals surface area contributed by atoms with Gasteiger partial charge in [0, 0.05) is 5.02 Å². The van der Waals surface area contributed by atoms with E-state index in [9.17, 15) is 4.79 Å². The van der Waals surface area contributed by atoms with E-state index in [-0.39, 0.29) is 24.0 Å². The first-order valence-electron chi connectivity index (χ1n) is 7.00. The van der Waals surface area contributed by atoms with Crippen LogP contribution in [-0.4, -0.2) is 12.6 Å². The van der Waals surface area contributed by atoms with E-state index < -0.39 is 0 Å². The number of carbonyl (C=O) groups is 1. The molecule has 21 heavy (non-hydrogen) atoms. The van der Waals surface area contributed by atoms with Crippen molar-refractivity contribution in [3.63, 3.8) is 0 Å². The molecule has 0 aliphatic rings. The van der Waals surface area contributed by atoms with Gasteiger partial charge in [-0.3, -0.25) is 4.79 Å². The fourth-order valence-electron chi connectivity index (χ4n) is 2.04. The largest absolute Gasteiger partial charge is 0.466 e. The van der Waals surface area contributed by atoms with Crippen LogP contribution >= 0.6 is 34.8 Å². The fourth-order valence-corrected chi connectivity index (χ4v) is 3.11. The van der Waals surface area contributed by atoms with Gasteiger partial charge in [-0.15, -0.1) is 0 Å². The van der Waals surface area contributed by atoms with Crippen LogP contribution in [0.1, 0.15) is 51.0 Å². The molecule has 0 amide bonds. The van der Waals surface area contributed by atoms with Crippen LogP contribution in [0.2, 0.25) is 15.1 Å². The maximum Gasteiger partial charge on any atom is 0.306 e. The summed E-state index contributed by atoms with van der Waals surface area (Å²) in [6.45, 7) is 4.44. The van der Waals surface area contributed by atoms with Crippen molar-refractivity contribution in [2.75, 3.05) is 12.3 Å². The highest BCUT2D eigenvalue weighted by atomic mass is 35.5. The zero-order chi connectivity index (χ0) is 16.0. The van der Waals surface area contributed by atoms with Crippen LogP contribution < -0.4 is 5.73 Å². The Bertz CT molecular complexity index is 506. The molecule has 1 aromatic rings. The van der Waals surface area contributed by atoms with Gasteiger partial charge in [-0.1, -0.05) is 55.1 Å². The lowest BCUT2D eigenvalue weighted by molar-refractivity contribution is -0.144. The molecular weight excluding hydrogens is 333 g/mol. The second kappa shape index (κ2) is 8.72. The molecule has 1 unspecified atom stereocenters. The van der Waals surface area contributed by atoms with Crippen LogP contribution in [0.15, 0.2) is 6.07 Å². The van der Waals surface area contributed by atoms with Crippen molar-refractivity contribution < 1.29 is 9.53 Å². The molecule has 0 aliphatic heterocycles. The lowest BCUT2D eigenvalue weighted by atomic mass is 9.92. The van der Waals surface area contributed by atoms with Crippen LogP contribution in [0.5, 0.6) is 0 Å². The van der Waals surface area contributed by atoms with Gasteiger partial charge in [0.1, 0.15) is 0 Å². The lowest BCUT2D eigenvalue weighted by Crippen LogP contribution is -2.12. The number of rotatable bonds is 7. The first-order chi connectivity index (χ1) is 9.92. The molecule has 0 radical (unpaired) electrons. The van der Waals surface area contributed by atoms with Gasteiger partial charge in [0.2, 0.25) is 0 Å². The topological polar surface area (TPSA) is 52.3 Å². The Balaban J connectivity index is 2.91. The summed E-state index contributed by atoms with van der Waals surface area (Å²) in [5.74, 6) is -0.394. The minimum atomic E-state index is -0.254. The number of unbranched alkanes of at least 4 members (excludes halogenated alkanes) is 1. The van der Waals surface area contributed by atoms with E-state index >= 15 is 0 Å². The van der Waals surface area contributed by atoms with Gasteiger partial charge in [0.25, 0.3) is 0 Å². The van der Waals surface area contributed by atoms with Crippen molar-refractivity contribution in [3.05, 3.63) is 26.7 Å². The second-order valence-electron chi connectivity index (χ2n) is 4.86. The molecule has 2 N–H and O–H groups in total. The van der Waals surface area contributed by atoms with E-state index in [1.807, 2.05) is 13.8 Å². The van der Waals surface area contributed by atoms with Gasteiger partial charge >= 0.3 is 5.97 Å². The number of anilines is 1. The van der Waals surface area contributed by atoms with Crippen molar-refractivity contribution in [1.29, 1.82) is 0 Å². The molecule has 0 heterocycles. The van der Waals surface area contributed by atoms with Crippen molar-refractivity contribution in [2.24, 2.45) is 0 Å². The molecule has 6 heteroatoms. The number of nitrogen functional groups attached to an aromatic ring is 1. The van der Waals surface area contributed by atoms with Gasteiger partial charge in [-0.25, -0.2) is 0 Å². The monoisotopic (exact) mass is 351 g/mol. The highest BCUT2D eigenvalue weighted by molar-refractivity contribution is 6.42. The maximum absolute atomic E-state index is 11.9. The minimum Gasteiger partial charge on any atom is -0.466 e. The predicted molar refractivity (Wildman–Crippen MR) is 89.4 cm³/mol. The number of nitrogens with two attached hydrogens (primary N) is 1. The van der Waals surface area contributed by atoms with E-state index in [0.29, 0.717) is 33.7 Å². The minimum absolute atomic E-state index is 0.140. The smallest absolute Gasteiger partial charge is 0.306 e. The summed E-state index contributed by atoms with van der Waals surface area (Å²) in [4.78, 5) is 11.9. The molecule has 0 fully saturated rings. The van der Waals surface area contributed by atoms with E-state index in [0.717, 1.165) is 12.8 Å². The van der Waals surface area contributed by atoms with E-state index in [1.54, 1.807) is 6.07 Å². The van der Waals surface area contributed by atoms with Crippen LogP contribution in [0, 0.1) is 0 Å². The molecule has 1 rings (SSSR count). The van der Waals surface area contributed by atoms with Crippen LogP contribution in [0.3, 0.4) is 0 Å². The maximum atomic E-state index is 11.9. The Morgan fingerprint density at radius 3 is 2.52 bits per heavy atom. The fraction of sp³-hybridized carbons (Fsp3) is 0.533. The zero-order valence-electron chi connectivity index (χ0n) is 12.2. The number of esters is 1. The summed E-state index contributed by atoms with van der Waals surface area (Å²) in [6.07, 6.45) is 2.76. The van der Waals surface area contributed by atoms with Gasteiger partial charge in [-0.2, -0.15) is 0 Å². The summed E-state index contributed by atoms with van der Waals surface area (Å²) in [5, 5.41) is 1.06. The molecule has 118 valence electrons. The first kappa shape index (κ1) is 18.4. The Labute approximate surface area is 140 Å². The van der Waals surface area contributed by atoms with Gasteiger partial charge in [-0.05, 0) is 30.4 Å². The second-order valence-corrected chi connectivity index (χ2v) is 6.06.